The van der Waals surface area contributed by atoms with Crippen molar-refractivity contribution in [3.63, 3.8) is 0 Å². The zero-order chi connectivity index (χ0) is 19.5. The van der Waals surface area contributed by atoms with Gasteiger partial charge in [0, 0.05) is 19.2 Å². The number of likely N-dealkylation sites (N-methyl/N-ethyl adjacent to an activating group) is 1. The minimum atomic E-state index is -0.349. The SMILES string of the molecule is CCN(CC)CCNC(=O)c1cc(Cl)c(NN=C(C#N)C#N)cc1OC. The van der Waals surface area contributed by atoms with Crippen LogP contribution < -0.4 is 15.5 Å². The zero-order valence-electron chi connectivity index (χ0n) is 15.0. The lowest BCUT2D eigenvalue weighted by Crippen LogP contribution is -2.34. The van der Waals surface area contributed by atoms with Gasteiger partial charge in [0.05, 0.1) is 23.4 Å². The van der Waals surface area contributed by atoms with Crippen molar-refractivity contribution in [3.05, 3.63) is 22.7 Å². The van der Waals surface area contributed by atoms with E-state index in [0.29, 0.717) is 18.0 Å². The van der Waals surface area contributed by atoms with Gasteiger partial charge < -0.3 is 15.0 Å². The molecule has 8 nitrogen and oxygen atoms in total. The Morgan fingerprint density at radius 3 is 2.50 bits per heavy atom. The third kappa shape index (κ3) is 5.92. The van der Waals surface area contributed by atoms with Gasteiger partial charge in [-0.2, -0.15) is 15.6 Å². The van der Waals surface area contributed by atoms with Gasteiger partial charge in [-0.3, -0.25) is 10.2 Å². The summed E-state index contributed by atoms with van der Waals surface area (Å²) in [7, 11) is 1.43. The minimum Gasteiger partial charge on any atom is -0.496 e. The van der Waals surface area contributed by atoms with Gasteiger partial charge in [0.2, 0.25) is 5.71 Å². The van der Waals surface area contributed by atoms with Crippen molar-refractivity contribution in [1.82, 2.24) is 10.2 Å². The van der Waals surface area contributed by atoms with Gasteiger partial charge in [0.1, 0.15) is 17.9 Å². The zero-order valence-corrected chi connectivity index (χ0v) is 15.7. The summed E-state index contributed by atoms with van der Waals surface area (Å²) in [5, 5.41) is 24.1. The van der Waals surface area contributed by atoms with Crippen molar-refractivity contribution in [3.8, 4) is 17.9 Å². The molecule has 1 rings (SSSR count). The molecule has 26 heavy (non-hydrogen) atoms. The number of hydrogen-bond acceptors (Lipinski definition) is 7. The molecule has 0 saturated carbocycles. The van der Waals surface area contributed by atoms with Crippen LogP contribution in [0.3, 0.4) is 0 Å². The number of carbonyl (C=O) groups excluding carboxylic acids is 1. The van der Waals surface area contributed by atoms with Crippen LogP contribution in [0.1, 0.15) is 24.2 Å². The summed E-state index contributed by atoms with van der Waals surface area (Å²) in [5.74, 6) is -0.0106. The number of benzene rings is 1. The van der Waals surface area contributed by atoms with E-state index in [1.165, 1.54) is 19.2 Å². The van der Waals surface area contributed by atoms with E-state index in [4.69, 9.17) is 26.9 Å². The van der Waals surface area contributed by atoms with E-state index in [1.807, 2.05) is 0 Å². The molecular weight excluding hydrogens is 356 g/mol. The number of anilines is 1. The highest BCUT2D eigenvalue weighted by molar-refractivity contribution is 6.33. The lowest BCUT2D eigenvalue weighted by Gasteiger charge is -2.18. The van der Waals surface area contributed by atoms with Crippen LogP contribution in [0.2, 0.25) is 5.02 Å². The third-order valence-electron chi connectivity index (χ3n) is 3.64. The van der Waals surface area contributed by atoms with E-state index in [0.717, 1.165) is 19.6 Å². The summed E-state index contributed by atoms with van der Waals surface area (Å²) in [6.07, 6.45) is 0. The molecule has 0 aliphatic rings. The molecule has 0 radical (unpaired) electrons. The highest BCUT2D eigenvalue weighted by atomic mass is 35.5. The Balaban J connectivity index is 2.92. The maximum atomic E-state index is 12.4. The lowest BCUT2D eigenvalue weighted by molar-refractivity contribution is 0.0946. The van der Waals surface area contributed by atoms with Gasteiger partial charge >= 0.3 is 0 Å². The average molecular weight is 377 g/mol. The molecular formula is C17H21ClN6O2. The maximum absolute atomic E-state index is 12.4. The first-order chi connectivity index (χ1) is 12.5. The fourth-order valence-corrected chi connectivity index (χ4v) is 2.35. The number of ether oxygens (including phenoxy) is 1. The Bertz CT molecular complexity index is 731. The molecule has 1 amide bonds. The molecule has 2 N–H and O–H groups in total. The number of rotatable bonds is 9. The smallest absolute Gasteiger partial charge is 0.255 e. The number of nitriles is 2. The van der Waals surface area contributed by atoms with Crippen molar-refractivity contribution in [2.24, 2.45) is 5.10 Å². The van der Waals surface area contributed by atoms with E-state index in [9.17, 15) is 4.79 Å². The highest BCUT2D eigenvalue weighted by Crippen LogP contribution is 2.31. The number of amides is 1. The molecule has 0 aliphatic carbocycles. The van der Waals surface area contributed by atoms with E-state index >= 15 is 0 Å². The second kappa shape index (κ2) is 10.9. The molecule has 0 fully saturated rings. The third-order valence-corrected chi connectivity index (χ3v) is 3.95. The van der Waals surface area contributed by atoms with Crippen LogP contribution in [0.4, 0.5) is 5.69 Å². The van der Waals surface area contributed by atoms with Crippen molar-refractivity contribution in [2.75, 3.05) is 38.7 Å². The topological polar surface area (TPSA) is 114 Å². The quantitative estimate of drug-likeness (QED) is 0.504. The van der Waals surface area contributed by atoms with E-state index in [-0.39, 0.29) is 22.2 Å². The molecule has 0 heterocycles. The largest absolute Gasteiger partial charge is 0.496 e. The number of methoxy groups -OCH3 is 1. The van der Waals surface area contributed by atoms with E-state index in [1.54, 1.807) is 12.1 Å². The Kier molecular flexibility index (Phi) is 8.93. The standard InChI is InChI=1S/C17H21ClN6O2/c1-4-24(5-2)7-6-21-17(25)13-8-14(18)15(9-16(13)26-3)23-22-12(10-19)11-20/h8-9,23H,4-7H2,1-3H3,(H,21,25). The Morgan fingerprint density at radius 1 is 1.31 bits per heavy atom. The second-order valence-electron chi connectivity index (χ2n) is 5.11. The Labute approximate surface area is 158 Å². The van der Waals surface area contributed by atoms with Crippen LogP contribution in [0.25, 0.3) is 0 Å². The Hall–Kier alpha value is -2.81. The molecule has 1 aromatic carbocycles. The van der Waals surface area contributed by atoms with Crippen molar-refractivity contribution < 1.29 is 9.53 Å². The van der Waals surface area contributed by atoms with Crippen LogP contribution in [-0.4, -0.2) is 49.8 Å². The minimum absolute atomic E-state index is 0.207. The van der Waals surface area contributed by atoms with Crippen LogP contribution in [-0.2, 0) is 0 Å². The number of nitrogens with one attached hydrogen (secondary N) is 2. The van der Waals surface area contributed by atoms with E-state index < -0.39 is 0 Å². The van der Waals surface area contributed by atoms with Gasteiger partial charge in [0.25, 0.3) is 5.91 Å². The monoisotopic (exact) mass is 376 g/mol. The predicted octanol–water partition coefficient (Wildman–Crippen LogP) is 2.24. The predicted molar refractivity (Wildman–Crippen MR) is 100 cm³/mol. The second-order valence-corrected chi connectivity index (χ2v) is 5.52. The van der Waals surface area contributed by atoms with Gasteiger partial charge in [-0.05, 0) is 19.2 Å². The van der Waals surface area contributed by atoms with Crippen molar-refractivity contribution >= 4 is 28.9 Å². The maximum Gasteiger partial charge on any atom is 0.255 e. The first kappa shape index (κ1) is 21.2. The van der Waals surface area contributed by atoms with Crippen LogP contribution >= 0.6 is 11.6 Å². The van der Waals surface area contributed by atoms with E-state index in [2.05, 4.69) is 34.6 Å². The number of hydrazone groups is 1. The molecule has 0 saturated heterocycles. The summed E-state index contributed by atoms with van der Waals surface area (Å²) >= 11 is 6.16. The molecule has 138 valence electrons. The first-order valence-corrected chi connectivity index (χ1v) is 8.40. The summed E-state index contributed by atoms with van der Waals surface area (Å²) in [6.45, 7) is 7.19. The van der Waals surface area contributed by atoms with Gasteiger partial charge in [-0.15, -0.1) is 0 Å². The fourth-order valence-electron chi connectivity index (χ4n) is 2.14. The molecule has 0 spiro atoms. The number of carbonyl (C=O) groups is 1. The van der Waals surface area contributed by atoms with Crippen molar-refractivity contribution in [2.45, 2.75) is 13.8 Å². The summed E-state index contributed by atoms with van der Waals surface area (Å²) < 4.78 is 5.24. The number of nitrogens with zero attached hydrogens (tertiary/aromatic N) is 4. The summed E-state index contributed by atoms with van der Waals surface area (Å²) in [5.41, 5.74) is 2.77. The number of hydrogen-bond donors (Lipinski definition) is 2. The van der Waals surface area contributed by atoms with Crippen molar-refractivity contribution in [1.29, 1.82) is 10.5 Å². The molecule has 0 atom stereocenters. The van der Waals surface area contributed by atoms with Gasteiger partial charge in [-0.1, -0.05) is 25.4 Å². The summed E-state index contributed by atoms with van der Waals surface area (Å²) in [6, 6.07) is 6.18. The molecule has 1 aromatic rings. The molecule has 0 aliphatic heterocycles. The number of halogens is 1. The van der Waals surface area contributed by atoms with Gasteiger partial charge in [0.15, 0.2) is 0 Å². The fraction of sp³-hybridized carbons (Fsp3) is 0.412. The van der Waals surface area contributed by atoms with Gasteiger partial charge in [-0.25, -0.2) is 0 Å². The molecule has 0 aromatic heterocycles. The van der Waals surface area contributed by atoms with Crippen LogP contribution in [0.15, 0.2) is 17.2 Å². The molecule has 9 heteroatoms. The average Bonchev–Trinajstić information content (AvgIpc) is 2.66. The molecule has 0 bridgehead atoms. The normalized spacial score (nSPS) is 9.81. The summed E-state index contributed by atoms with van der Waals surface area (Å²) in [4.78, 5) is 14.6. The van der Waals surface area contributed by atoms with Crippen LogP contribution in [0, 0.1) is 22.7 Å². The van der Waals surface area contributed by atoms with Crippen LogP contribution in [0.5, 0.6) is 5.75 Å². The molecule has 0 unspecified atom stereocenters. The lowest BCUT2D eigenvalue weighted by atomic mass is 10.1. The highest BCUT2D eigenvalue weighted by Gasteiger charge is 2.16. The first-order valence-electron chi connectivity index (χ1n) is 8.02. The Morgan fingerprint density at radius 2 is 1.96 bits per heavy atom.